The van der Waals surface area contributed by atoms with E-state index in [-0.39, 0.29) is 5.97 Å². The van der Waals surface area contributed by atoms with Crippen molar-refractivity contribution < 1.29 is 14.3 Å². The minimum Gasteiger partial charge on any atom is -0.466 e. The van der Waals surface area contributed by atoms with E-state index in [9.17, 15) is 4.79 Å². The molecule has 1 aromatic rings. The van der Waals surface area contributed by atoms with Gasteiger partial charge in [-0.3, -0.25) is 4.79 Å². The second-order valence-corrected chi connectivity index (χ2v) is 4.30. The molecule has 0 unspecified atom stereocenters. The van der Waals surface area contributed by atoms with E-state index >= 15 is 0 Å². The summed E-state index contributed by atoms with van der Waals surface area (Å²) in [7, 11) is 0. The Bertz CT molecular complexity index is 402. The quantitative estimate of drug-likeness (QED) is 0.734. The standard InChI is InChI=1S/C13H19N3O3/c1-2-19-12(17)4-3-11-9-14-13(15-10-11)16-5-7-18-8-6-16/h9-10H,2-8H2,1H3. The third-order valence-electron chi connectivity index (χ3n) is 2.91. The van der Waals surface area contributed by atoms with Crippen molar-refractivity contribution in [3.63, 3.8) is 0 Å². The monoisotopic (exact) mass is 265 g/mol. The van der Waals surface area contributed by atoms with Crippen LogP contribution in [0.3, 0.4) is 0 Å². The highest BCUT2D eigenvalue weighted by atomic mass is 16.5. The zero-order valence-electron chi connectivity index (χ0n) is 11.2. The zero-order valence-corrected chi connectivity index (χ0v) is 11.2. The Kier molecular flexibility index (Phi) is 5.09. The number of hydrogen-bond acceptors (Lipinski definition) is 6. The molecule has 6 heteroatoms. The fourth-order valence-electron chi connectivity index (χ4n) is 1.88. The molecule has 1 aliphatic heterocycles. The summed E-state index contributed by atoms with van der Waals surface area (Å²) in [6, 6.07) is 0. The summed E-state index contributed by atoms with van der Waals surface area (Å²) in [6.45, 7) is 5.30. The van der Waals surface area contributed by atoms with Gasteiger partial charge in [0.1, 0.15) is 0 Å². The highest BCUT2D eigenvalue weighted by Crippen LogP contribution is 2.10. The number of anilines is 1. The van der Waals surface area contributed by atoms with Crippen LogP contribution in [0.2, 0.25) is 0 Å². The van der Waals surface area contributed by atoms with Crippen LogP contribution in [0, 0.1) is 0 Å². The molecule has 0 N–H and O–H groups in total. The number of morpholine rings is 1. The van der Waals surface area contributed by atoms with E-state index in [1.54, 1.807) is 19.3 Å². The maximum atomic E-state index is 11.2. The maximum Gasteiger partial charge on any atom is 0.306 e. The van der Waals surface area contributed by atoms with Crippen LogP contribution in [-0.2, 0) is 20.7 Å². The molecule has 0 saturated carbocycles. The van der Waals surface area contributed by atoms with E-state index in [1.165, 1.54) is 0 Å². The lowest BCUT2D eigenvalue weighted by atomic mass is 10.2. The predicted octanol–water partition coefficient (Wildman–Crippen LogP) is 0.809. The fraction of sp³-hybridized carbons (Fsp3) is 0.615. The number of hydrogen-bond donors (Lipinski definition) is 0. The Balaban J connectivity index is 1.85. The van der Waals surface area contributed by atoms with E-state index < -0.39 is 0 Å². The molecular formula is C13H19N3O3. The molecule has 0 spiro atoms. The third kappa shape index (κ3) is 4.17. The Morgan fingerprint density at radius 3 is 2.68 bits per heavy atom. The largest absolute Gasteiger partial charge is 0.466 e. The van der Waals surface area contributed by atoms with Crippen molar-refractivity contribution in [3.05, 3.63) is 18.0 Å². The van der Waals surface area contributed by atoms with Crippen LogP contribution >= 0.6 is 0 Å². The summed E-state index contributed by atoms with van der Waals surface area (Å²) in [4.78, 5) is 22.0. The lowest BCUT2D eigenvalue weighted by Crippen LogP contribution is -2.37. The highest BCUT2D eigenvalue weighted by molar-refractivity contribution is 5.69. The van der Waals surface area contributed by atoms with Gasteiger partial charge in [0.05, 0.1) is 19.8 Å². The normalized spacial score (nSPS) is 15.3. The first kappa shape index (κ1) is 13.7. The first-order valence-corrected chi connectivity index (χ1v) is 6.59. The smallest absolute Gasteiger partial charge is 0.306 e. The van der Waals surface area contributed by atoms with Gasteiger partial charge in [0, 0.05) is 31.9 Å². The molecule has 1 fully saturated rings. The minimum absolute atomic E-state index is 0.181. The second kappa shape index (κ2) is 7.04. The summed E-state index contributed by atoms with van der Waals surface area (Å²) < 4.78 is 10.2. The molecule has 0 atom stereocenters. The van der Waals surface area contributed by atoms with Gasteiger partial charge in [-0.15, -0.1) is 0 Å². The average molecular weight is 265 g/mol. The van der Waals surface area contributed by atoms with Gasteiger partial charge in [-0.25, -0.2) is 9.97 Å². The number of carbonyl (C=O) groups excluding carboxylic acids is 1. The number of esters is 1. The molecular weight excluding hydrogens is 246 g/mol. The average Bonchev–Trinajstić information content (AvgIpc) is 2.47. The van der Waals surface area contributed by atoms with Crippen LogP contribution in [-0.4, -0.2) is 48.8 Å². The molecule has 1 aromatic heterocycles. The van der Waals surface area contributed by atoms with Crippen LogP contribution in [0.4, 0.5) is 5.95 Å². The minimum atomic E-state index is -0.181. The predicted molar refractivity (Wildman–Crippen MR) is 70.0 cm³/mol. The third-order valence-corrected chi connectivity index (χ3v) is 2.91. The Hall–Kier alpha value is -1.69. The molecule has 1 aliphatic rings. The SMILES string of the molecule is CCOC(=O)CCc1cnc(N2CCOCC2)nc1. The first-order chi connectivity index (χ1) is 9.29. The molecule has 0 radical (unpaired) electrons. The molecule has 0 amide bonds. The first-order valence-electron chi connectivity index (χ1n) is 6.59. The second-order valence-electron chi connectivity index (χ2n) is 4.30. The lowest BCUT2D eigenvalue weighted by molar-refractivity contribution is -0.143. The zero-order chi connectivity index (χ0) is 13.5. The molecule has 1 saturated heterocycles. The molecule has 2 rings (SSSR count). The Labute approximate surface area is 112 Å². The van der Waals surface area contributed by atoms with Crippen molar-refractivity contribution in [3.8, 4) is 0 Å². The van der Waals surface area contributed by atoms with Gasteiger partial charge in [-0.1, -0.05) is 0 Å². The van der Waals surface area contributed by atoms with Gasteiger partial charge in [0.15, 0.2) is 0 Å². The van der Waals surface area contributed by atoms with Crippen LogP contribution < -0.4 is 4.90 Å². The number of aromatic nitrogens is 2. The number of carbonyl (C=O) groups is 1. The molecule has 0 aliphatic carbocycles. The lowest BCUT2D eigenvalue weighted by Gasteiger charge is -2.26. The Morgan fingerprint density at radius 1 is 1.37 bits per heavy atom. The maximum absolute atomic E-state index is 11.2. The van der Waals surface area contributed by atoms with Crippen LogP contribution in [0.1, 0.15) is 18.9 Å². The molecule has 0 bridgehead atoms. The van der Waals surface area contributed by atoms with E-state index in [2.05, 4.69) is 14.9 Å². The van der Waals surface area contributed by atoms with Gasteiger partial charge < -0.3 is 14.4 Å². The van der Waals surface area contributed by atoms with Crippen molar-refractivity contribution in [2.75, 3.05) is 37.8 Å². The summed E-state index contributed by atoms with van der Waals surface area (Å²) in [5.41, 5.74) is 0.949. The highest BCUT2D eigenvalue weighted by Gasteiger charge is 2.13. The van der Waals surface area contributed by atoms with Gasteiger partial charge in [0.25, 0.3) is 0 Å². The van der Waals surface area contributed by atoms with Crippen molar-refractivity contribution in [1.82, 2.24) is 9.97 Å². The van der Waals surface area contributed by atoms with Crippen LogP contribution in [0.15, 0.2) is 12.4 Å². The van der Waals surface area contributed by atoms with E-state index in [0.717, 1.165) is 24.6 Å². The number of rotatable bonds is 5. The topological polar surface area (TPSA) is 64.5 Å². The van der Waals surface area contributed by atoms with Crippen molar-refractivity contribution >= 4 is 11.9 Å². The van der Waals surface area contributed by atoms with Crippen molar-refractivity contribution in [2.45, 2.75) is 19.8 Å². The van der Waals surface area contributed by atoms with Gasteiger partial charge >= 0.3 is 5.97 Å². The van der Waals surface area contributed by atoms with Gasteiger partial charge in [0.2, 0.25) is 5.95 Å². The molecule has 0 aromatic carbocycles. The van der Waals surface area contributed by atoms with E-state index in [1.807, 2.05) is 0 Å². The molecule has 2 heterocycles. The Morgan fingerprint density at radius 2 is 2.05 bits per heavy atom. The van der Waals surface area contributed by atoms with Crippen molar-refractivity contribution in [1.29, 1.82) is 0 Å². The summed E-state index contributed by atoms with van der Waals surface area (Å²) >= 11 is 0. The van der Waals surface area contributed by atoms with Crippen LogP contribution in [0.25, 0.3) is 0 Å². The van der Waals surface area contributed by atoms with Crippen LogP contribution in [0.5, 0.6) is 0 Å². The summed E-state index contributed by atoms with van der Waals surface area (Å²) in [5.74, 6) is 0.544. The molecule has 19 heavy (non-hydrogen) atoms. The van der Waals surface area contributed by atoms with Gasteiger partial charge in [-0.05, 0) is 18.9 Å². The fourth-order valence-corrected chi connectivity index (χ4v) is 1.88. The molecule has 6 nitrogen and oxygen atoms in total. The molecule has 104 valence electrons. The number of aryl methyl sites for hydroxylation is 1. The number of ether oxygens (including phenoxy) is 2. The van der Waals surface area contributed by atoms with E-state index in [4.69, 9.17) is 9.47 Å². The summed E-state index contributed by atoms with van der Waals surface area (Å²) in [6.07, 6.45) is 4.53. The van der Waals surface area contributed by atoms with Gasteiger partial charge in [-0.2, -0.15) is 0 Å². The van der Waals surface area contributed by atoms with Crippen molar-refractivity contribution in [2.24, 2.45) is 0 Å². The van der Waals surface area contributed by atoms with E-state index in [0.29, 0.717) is 32.7 Å². The summed E-state index contributed by atoms with van der Waals surface area (Å²) in [5, 5.41) is 0. The number of nitrogens with zero attached hydrogens (tertiary/aromatic N) is 3.